The van der Waals surface area contributed by atoms with Crippen LogP contribution in [-0.4, -0.2) is 41.1 Å². The van der Waals surface area contributed by atoms with E-state index in [4.69, 9.17) is 4.74 Å². The predicted molar refractivity (Wildman–Crippen MR) is 136 cm³/mol. The summed E-state index contributed by atoms with van der Waals surface area (Å²) in [6, 6.07) is 17.6. The average molecular weight is 472 g/mol. The van der Waals surface area contributed by atoms with Gasteiger partial charge in [-0.3, -0.25) is 14.5 Å². The Labute approximate surface area is 207 Å². The molecule has 4 atom stereocenters. The average Bonchev–Trinajstić information content (AvgIpc) is 3.38. The Morgan fingerprint density at radius 2 is 1.89 bits per heavy atom. The quantitative estimate of drug-likeness (QED) is 0.331. The summed E-state index contributed by atoms with van der Waals surface area (Å²) >= 11 is 0. The molecule has 35 heavy (non-hydrogen) atoms. The molecule has 2 heterocycles. The Hall–Kier alpha value is -3.18. The number of phenols is 1. The van der Waals surface area contributed by atoms with Gasteiger partial charge >= 0.3 is 0 Å². The van der Waals surface area contributed by atoms with Crippen molar-refractivity contribution in [3.05, 3.63) is 76.9 Å². The molecule has 0 unspecified atom stereocenters. The van der Waals surface area contributed by atoms with Gasteiger partial charge in [0, 0.05) is 12.5 Å². The van der Waals surface area contributed by atoms with Crippen LogP contribution in [-0.2, 0) is 14.3 Å². The van der Waals surface area contributed by atoms with Gasteiger partial charge in [0.25, 0.3) is 0 Å². The van der Waals surface area contributed by atoms with Crippen molar-refractivity contribution in [2.75, 3.05) is 13.2 Å². The number of phenolic OH excluding ortho intramolecular Hbond substituents is 1. The molecule has 5 nitrogen and oxygen atoms in total. The molecular weight excluding hydrogens is 438 g/mol. The third-order valence-corrected chi connectivity index (χ3v) is 7.72. The molecule has 0 aromatic heterocycles. The third-order valence-electron chi connectivity index (χ3n) is 7.72. The fourth-order valence-electron chi connectivity index (χ4n) is 6.19. The van der Waals surface area contributed by atoms with Gasteiger partial charge in [-0.15, -0.1) is 0 Å². The van der Waals surface area contributed by atoms with Crippen LogP contribution in [0.5, 0.6) is 5.75 Å². The van der Waals surface area contributed by atoms with Crippen molar-refractivity contribution in [3.8, 4) is 5.75 Å². The van der Waals surface area contributed by atoms with E-state index < -0.39 is 0 Å². The van der Waals surface area contributed by atoms with Gasteiger partial charge in [0.2, 0.25) is 11.8 Å². The number of fused-ring (bicyclic) bond motifs is 3. The van der Waals surface area contributed by atoms with E-state index >= 15 is 0 Å². The molecule has 1 aliphatic carbocycles. The lowest BCUT2D eigenvalue weighted by molar-refractivity contribution is -0.140. The lowest BCUT2D eigenvalue weighted by atomic mass is 9.70. The molecule has 5 heteroatoms. The molecule has 2 amide bonds. The summed E-state index contributed by atoms with van der Waals surface area (Å²) in [5.41, 5.74) is 5.74. The molecule has 182 valence electrons. The van der Waals surface area contributed by atoms with Crippen LogP contribution in [0.4, 0.5) is 0 Å². The van der Waals surface area contributed by atoms with Gasteiger partial charge in [0.05, 0.1) is 24.5 Å². The van der Waals surface area contributed by atoms with Crippen LogP contribution in [0.3, 0.4) is 0 Å². The van der Waals surface area contributed by atoms with Crippen molar-refractivity contribution in [1.82, 2.24) is 4.90 Å². The fraction of sp³-hybridized carbons (Fsp3) is 0.400. The number of hydrogen-bond acceptors (Lipinski definition) is 4. The number of ether oxygens (including phenoxy) is 1. The maximum Gasteiger partial charge on any atom is 0.233 e. The Bertz CT molecular complexity index is 1180. The molecule has 2 fully saturated rings. The first-order valence-electron chi connectivity index (χ1n) is 12.7. The van der Waals surface area contributed by atoms with E-state index in [0.717, 1.165) is 30.4 Å². The van der Waals surface area contributed by atoms with Crippen molar-refractivity contribution in [2.24, 2.45) is 17.8 Å². The highest BCUT2D eigenvalue weighted by atomic mass is 16.5. The number of likely N-dealkylation sites (tertiary alicyclic amines) is 1. The molecule has 2 saturated heterocycles. The third kappa shape index (κ3) is 4.45. The number of nitrogens with zero attached hydrogens (tertiary/aromatic N) is 1. The van der Waals surface area contributed by atoms with Gasteiger partial charge in [-0.1, -0.05) is 61.0 Å². The molecular formula is C30H33NO4. The minimum Gasteiger partial charge on any atom is -0.508 e. The zero-order valence-corrected chi connectivity index (χ0v) is 20.4. The lowest BCUT2D eigenvalue weighted by Crippen LogP contribution is -2.34. The molecule has 2 aromatic rings. The molecule has 0 spiro atoms. The molecule has 1 N–H and O–H groups in total. The van der Waals surface area contributed by atoms with E-state index in [0.29, 0.717) is 19.6 Å². The Balaban J connectivity index is 1.38. The normalized spacial score (nSPS) is 26.3. The van der Waals surface area contributed by atoms with Gasteiger partial charge in [-0.25, -0.2) is 0 Å². The van der Waals surface area contributed by atoms with Crippen LogP contribution in [0.1, 0.15) is 50.7 Å². The summed E-state index contributed by atoms with van der Waals surface area (Å²) in [5.74, 6) is -0.241. The first-order chi connectivity index (χ1) is 17.0. The Morgan fingerprint density at radius 3 is 2.63 bits per heavy atom. The first-order valence-corrected chi connectivity index (χ1v) is 12.7. The number of rotatable bonds is 7. The van der Waals surface area contributed by atoms with Crippen LogP contribution in [0, 0.1) is 17.8 Å². The van der Waals surface area contributed by atoms with Crippen LogP contribution >= 0.6 is 0 Å². The standard InChI is InChI=1S/C30H33NO4/c1-3-14-31-29(33)24-15-19(2)27-25(28(24)30(31)34)18-35-26(27)13-12-22(21-9-5-4-6-10-21)16-20-8-7-11-23(32)17-20/h4-11,16-17,24-26,28,32H,3,12-15,18H2,1-2H3/b22-16-/t24-,25+,26-,28-/m1/s1. The Kier molecular flexibility index (Phi) is 6.61. The van der Waals surface area contributed by atoms with E-state index in [1.165, 1.54) is 21.6 Å². The summed E-state index contributed by atoms with van der Waals surface area (Å²) < 4.78 is 6.31. The van der Waals surface area contributed by atoms with Gasteiger partial charge in [-0.05, 0) is 67.0 Å². The van der Waals surface area contributed by atoms with E-state index in [-0.39, 0.29) is 41.4 Å². The predicted octanol–water partition coefficient (Wildman–Crippen LogP) is 5.46. The number of allylic oxidation sites excluding steroid dienone is 2. The van der Waals surface area contributed by atoms with Crippen LogP contribution in [0.25, 0.3) is 11.6 Å². The van der Waals surface area contributed by atoms with Crippen molar-refractivity contribution < 1.29 is 19.4 Å². The maximum absolute atomic E-state index is 13.2. The number of hydrogen-bond donors (Lipinski definition) is 1. The van der Waals surface area contributed by atoms with Gasteiger partial charge in [0.15, 0.2) is 0 Å². The second-order valence-electron chi connectivity index (χ2n) is 10.00. The number of benzene rings is 2. The van der Waals surface area contributed by atoms with Crippen molar-refractivity contribution in [1.29, 1.82) is 0 Å². The van der Waals surface area contributed by atoms with Gasteiger partial charge in [0.1, 0.15) is 5.75 Å². The number of carbonyl (C=O) groups excluding carboxylic acids is 2. The topological polar surface area (TPSA) is 66.8 Å². The number of carbonyl (C=O) groups is 2. The summed E-state index contributed by atoms with van der Waals surface area (Å²) in [5, 5.41) is 9.91. The minimum absolute atomic E-state index is 0.00381. The van der Waals surface area contributed by atoms with E-state index in [9.17, 15) is 14.7 Å². The zero-order chi connectivity index (χ0) is 24.5. The zero-order valence-electron chi connectivity index (χ0n) is 20.4. The second-order valence-corrected chi connectivity index (χ2v) is 10.00. The number of aromatic hydroxyl groups is 1. The van der Waals surface area contributed by atoms with Crippen LogP contribution in [0.15, 0.2) is 65.7 Å². The monoisotopic (exact) mass is 471 g/mol. The molecule has 0 saturated carbocycles. The number of imide groups is 1. The highest BCUT2D eigenvalue weighted by Gasteiger charge is 2.56. The highest BCUT2D eigenvalue weighted by molar-refractivity contribution is 6.05. The SMILES string of the molecule is CCCN1C(=O)[C@@H]2[C@@H](CC(C)=C3[C@@H](CC/C(=C/c4cccc(O)c4)c4ccccc4)OC[C@@H]32)C1=O. The van der Waals surface area contributed by atoms with Crippen LogP contribution in [0.2, 0.25) is 0 Å². The minimum atomic E-state index is -0.269. The van der Waals surface area contributed by atoms with Crippen molar-refractivity contribution in [2.45, 2.75) is 45.6 Å². The lowest BCUT2D eigenvalue weighted by Gasteiger charge is -2.30. The summed E-state index contributed by atoms with van der Waals surface area (Å²) in [6.45, 7) is 5.13. The highest BCUT2D eigenvalue weighted by Crippen LogP contribution is 2.49. The van der Waals surface area contributed by atoms with Crippen LogP contribution < -0.4 is 0 Å². The first kappa shape index (κ1) is 23.6. The molecule has 0 radical (unpaired) electrons. The molecule has 5 rings (SSSR count). The fourth-order valence-corrected chi connectivity index (χ4v) is 6.19. The maximum atomic E-state index is 13.2. The molecule has 2 aliphatic heterocycles. The van der Waals surface area contributed by atoms with Gasteiger partial charge < -0.3 is 9.84 Å². The van der Waals surface area contributed by atoms with Gasteiger partial charge in [-0.2, -0.15) is 0 Å². The van der Waals surface area contributed by atoms with Crippen molar-refractivity contribution in [3.63, 3.8) is 0 Å². The van der Waals surface area contributed by atoms with Crippen molar-refractivity contribution >= 4 is 23.5 Å². The molecule has 0 bridgehead atoms. The summed E-state index contributed by atoms with van der Waals surface area (Å²) in [6.07, 6.45) is 5.14. The summed E-state index contributed by atoms with van der Waals surface area (Å²) in [7, 11) is 0. The Morgan fingerprint density at radius 1 is 1.09 bits per heavy atom. The molecule has 2 aromatic carbocycles. The van der Waals surface area contributed by atoms with E-state index in [1.807, 2.05) is 37.3 Å². The second kappa shape index (κ2) is 9.82. The largest absolute Gasteiger partial charge is 0.508 e. The smallest absolute Gasteiger partial charge is 0.233 e. The summed E-state index contributed by atoms with van der Waals surface area (Å²) in [4.78, 5) is 27.6. The van der Waals surface area contributed by atoms with E-state index in [1.54, 1.807) is 12.1 Å². The van der Waals surface area contributed by atoms with E-state index in [2.05, 4.69) is 25.1 Å². The molecule has 3 aliphatic rings. The number of amides is 2.